The molecule has 4 rings (SSSR count). The Hall–Kier alpha value is -1.39. The van der Waals surface area contributed by atoms with Crippen LogP contribution in [0.2, 0.25) is 0 Å². The fourth-order valence-electron chi connectivity index (χ4n) is 4.56. The summed E-state index contributed by atoms with van der Waals surface area (Å²) in [7, 11) is 0. The summed E-state index contributed by atoms with van der Waals surface area (Å²) >= 11 is 0. The number of carbonyl (C=O) groups is 1. The van der Waals surface area contributed by atoms with E-state index in [-0.39, 0.29) is 0 Å². The van der Waals surface area contributed by atoms with Crippen LogP contribution in [0.25, 0.3) is 0 Å². The van der Waals surface area contributed by atoms with Crippen molar-refractivity contribution in [2.24, 2.45) is 0 Å². The molecule has 130 valence electrons. The van der Waals surface area contributed by atoms with Gasteiger partial charge in [0.25, 0.3) is 0 Å². The largest absolute Gasteiger partial charge is 0.337 e. The fourth-order valence-corrected chi connectivity index (χ4v) is 4.56. The van der Waals surface area contributed by atoms with Crippen LogP contribution >= 0.6 is 0 Å². The van der Waals surface area contributed by atoms with E-state index >= 15 is 0 Å². The molecule has 2 aliphatic heterocycles. The van der Waals surface area contributed by atoms with E-state index in [2.05, 4.69) is 34.1 Å². The monoisotopic (exact) mass is 327 g/mol. The number of fused-ring (bicyclic) bond motifs is 1. The average molecular weight is 327 g/mol. The Kier molecular flexibility index (Phi) is 4.86. The van der Waals surface area contributed by atoms with Crippen molar-refractivity contribution in [1.29, 1.82) is 0 Å². The maximum absolute atomic E-state index is 12.7. The molecule has 1 aromatic rings. The Labute approximate surface area is 145 Å². The van der Waals surface area contributed by atoms with Crippen LogP contribution in [0.3, 0.4) is 0 Å². The summed E-state index contributed by atoms with van der Waals surface area (Å²) in [5.74, 6) is 0.304. The third-order valence-electron chi connectivity index (χ3n) is 6.09. The maximum Gasteiger partial charge on any atom is 0.237 e. The van der Waals surface area contributed by atoms with Crippen LogP contribution < -0.4 is 0 Å². The molecule has 1 aromatic carbocycles. The highest BCUT2D eigenvalue weighted by atomic mass is 16.2. The molecule has 4 heteroatoms. The van der Waals surface area contributed by atoms with Crippen LogP contribution in [0, 0.1) is 0 Å². The number of carbonyl (C=O) groups excluding carboxylic acids is 1. The van der Waals surface area contributed by atoms with E-state index in [1.807, 2.05) is 4.90 Å². The second kappa shape index (κ2) is 7.24. The van der Waals surface area contributed by atoms with Crippen molar-refractivity contribution in [3.05, 3.63) is 35.4 Å². The Balaban J connectivity index is 1.27. The van der Waals surface area contributed by atoms with Gasteiger partial charge < -0.3 is 4.90 Å². The van der Waals surface area contributed by atoms with Gasteiger partial charge in [-0.15, -0.1) is 0 Å². The Morgan fingerprint density at radius 1 is 0.958 bits per heavy atom. The SMILES string of the molecule is O=C(CN1CCN(C2CCCC2)CC1)N1CCc2ccccc2C1. The number of hydrogen-bond donors (Lipinski definition) is 0. The summed E-state index contributed by atoms with van der Waals surface area (Å²) in [4.78, 5) is 19.7. The molecule has 0 N–H and O–H groups in total. The minimum absolute atomic E-state index is 0.304. The molecule has 24 heavy (non-hydrogen) atoms. The zero-order valence-corrected chi connectivity index (χ0v) is 14.6. The van der Waals surface area contributed by atoms with Crippen molar-refractivity contribution in [1.82, 2.24) is 14.7 Å². The Morgan fingerprint density at radius 3 is 2.42 bits per heavy atom. The normalized spacial score (nSPS) is 23.4. The summed E-state index contributed by atoms with van der Waals surface area (Å²) in [5.41, 5.74) is 2.73. The smallest absolute Gasteiger partial charge is 0.237 e. The number of nitrogens with zero attached hydrogens (tertiary/aromatic N) is 3. The maximum atomic E-state index is 12.7. The van der Waals surface area contributed by atoms with Gasteiger partial charge in [-0.25, -0.2) is 0 Å². The quantitative estimate of drug-likeness (QED) is 0.851. The van der Waals surface area contributed by atoms with Crippen LogP contribution in [0.5, 0.6) is 0 Å². The van der Waals surface area contributed by atoms with Crippen LogP contribution in [-0.2, 0) is 17.8 Å². The second-order valence-electron chi connectivity index (χ2n) is 7.58. The van der Waals surface area contributed by atoms with Crippen LogP contribution in [0.1, 0.15) is 36.8 Å². The van der Waals surface area contributed by atoms with E-state index in [0.29, 0.717) is 12.5 Å². The lowest BCUT2D eigenvalue weighted by Gasteiger charge is -2.38. The van der Waals surface area contributed by atoms with Crippen molar-refractivity contribution in [3.8, 4) is 0 Å². The van der Waals surface area contributed by atoms with Crippen molar-refractivity contribution >= 4 is 5.91 Å². The molecule has 0 bridgehead atoms. The number of rotatable bonds is 3. The van der Waals surface area contributed by atoms with Crippen LogP contribution in [-0.4, -0.2) is 65.9 Å². The highest BCUT2D eigenvalue weighted by molar-refractivity contribution is 5.78. The molecule has 0 spiro atoms. The van der Waals surface area contributed by atoms with Gasteiger partial charge in [0.2, 0.25) is 5.91 Å². The summed E-state index contributed by atoms with van der Waals surface area (Å²) in [5, 5.41) is 0. The topological polar surface area (TPSA) is 26.8 Å². The van der Waals surface area contributed by atoms with E-state index in [1.54, 1.807) is 0 Å². The molecule has 1 amide bonds. The van der Waals surface area contributed by atoms with E-state index in [9.17, 15) is 4.79 Å². The molecule has 2 heterocycles. The molecule has 1 saturated carbocycles. The van der Waals surface area contributed by atoms with Gasteiger partial charge in [0.1, 0.15) is 0 Å². The van der Waals surface area contributed by atoms with Gasteiger partial charge in [-0.05, 0) is 30.4 Å². The fraction of sp³-hybridized carbons (Fsp3) is 0.650. The Bertz CT molecular complexity index is 574. The third-order valence-corrected chi connectivity index (χ3v) is 6.09. The lowest BCUT2D eigenvalue weighted by molar-refractivity contribution is -0.133. The Morgan fingerprint density at radius 2 is 1.67 bits per heavy atom. The highest BCUT2D eigenvalue weighted by Gasteiger charge is 2.28. The predicted octanol–water partition coefficient (Wildman–Crippen LogP) is 2.13. The highest BCUT2D eigenvalue weighted by Crippen LogP contribution is 2.24. The molecular weight excluding hydrogens is 298 g/mol. The molecule has 0 aromatic heterocycles. The second-order valence-corrected chi connectivity index (χ2v) is 7.58. The van der Waals surface area contributed by atoms with Crippen molar-refractivity contribution in [3.63, 3.8) is 0 Å². The first-order chi connectivity index (χ1) is 11.8. The van der Waals surface area contributed by atoms with E-state index in [1.165, 1.54) is 36.8 Å². The average Bonchev–Trinajstić information content (AvgIpc) is 3.16. The van der Waals surface area contributed by atoms with Gasteiger partial charge >= 0.3 is 0 Å². The molecule has 2 fully saturated rings. The van der Waals surface area contributed by atoms with Crippen molar-refractivity contribution < 1.29 is 4.79 Å². The molecule has 1 saturated heterocycles. The van der Waals surface area contributed by atoms with Gasteiger partial charge in [-0.2, -0.15) is 0 Å². The summed E-state index contributed by atoms with van der Waals surface area (Å²) in [6.45, 7) is 6.64. The van der Waals surface area contributed by atoms with E-state index < -0.39 is 0 Å². The van der Waals surface area contributed by atoms with Gasteiger partial charge in [0, 0.05) is 45.3 Å². The molecule has 0 unspecified atom stereocenters. The van der Waals surface area contributed by atoms with Gasteiger partial charge in [-0.1, -0.05) is 37.1 Å². The number of piperazine rings is 1. The lowest BCUT2D eigenvalue weighted by atomic mass is 10.00. The number of amides is 1. The number of hydrogen-bond acceptors (Lipinski definition) is 3. The molecule has 0 radical (unpaired) electrons. The van der Waals surface area contributed by atoms with Gasteiger partial charge in [0.15, 0.2) is 0 Å². The van der Waals surface area contributed by atoms with Crippen molar-refractivity contribution in [2.75, 3.05) is 39.3 Å². The first kappa shape index (κ1) is 16.1. The first-order valence-electron chi connectivity index (χ1n) is 9.60. The molecule has 3 aliphatic rings. The summed E-state index contributed by atoms with van der Waals surface area (Å²) in [6, 6.07) is 9.35. The zero-order valence-electron chi connectivity index (χ0n) is 14.6. The first-order valence-corrected chi connectivity index (χ1v) is 9.60. The lowest BCUT2D eigenvalue weighted by Crippen LogP contribution is -2.52. The third kappa shape index (κ3) is 3.50. The van der Waals surface area contributed by atoms with Crippen molar-refractivity contribution in [2.45, 2.75) is 44.7 Å². The van der Waals surface area contributed by atoms with Crippen LogP contribution in [0.4, 0.5) is 0 Å². The van der Waals surface area contributed by atoms with E-state index in [4.69, 9.17) is 0 Å². The summed E-state index contributed by atoms with van der Waals surface area (Å²) in [6.07, 6.45) is 6.56. The van der Waals surface area contributed by atoms with Crippen LogP contribution in [0.15, 0.2) is 24.3 Å². The summed E-state index contributed by atoms with van der Waals surface area (Å²) < 4.78 is 0. The van der Waals surface area contributed by atoms with E-state index in [0.717, 1.165) is 51.7 Å². The molecule has 4 nitrogen and oxygen atoms in total. The molecule has 0 atom stereocenters. The predicted molar refractivity (Wildman–Crippen MR) is 95.8 cm³/mol. The standard InChI is InChI=1S/C20H29N3O/c24-20(23-10-9-17-5-1-2-6-18(17)15-23)16-21-11-13-22(14-12-21)19-7-3-4-8-19/h1-2,5-6,19H,3-4,7-16H2. The zero-order chi connectivity index (χ0) is 16.4. The number of benzene rings is 1. The van der Waals surface area contributed by atoms with Gasteiger partial charge in [-0.3, -0.25) is 14.6 Å². The van der Waals surface area contributed by atoms with Gasteiger partial charge in [0.05, 0.1) is 6.54 Å². The minimum atomic E-state index is 0.304. The molecule has 1 aliphatic carbocycles. The minimum Gasteiger partial charge on any atom is -0.337 e. The molecular formula is C20H29N3O.